The molecule has 0 unspecified atom stereocenters. The molecule has 3 saturated heterocycles. The molecule has 6 rings (SSSR count). The van der Waals surface area contributed by atoms with Gasteiger partial charge in [0.2, 0.25) is 11.8 Å². The summed E-state index contributed by atoms with van der Waals surface area (Å²) in [5.74, 6) is -6.31. The number of halogens is 4. The fraction of sp³-hybridized carbons (Fsp3) is 0.472. The number of nitrogens with zero attached hydrogens (tertiary/aromatic N) is 5. The van der Waals surface area contributed by atoms with Crippen molar-refractivity contribution in [3.63, 3.8) is 0 Å². The molecular formula is C36H41F4N5O4. The van der Waals surface area contributed by atoms with Gasteiger partial charge in [-0.25, -0.2) is 17.6 Å². The van der Waals surface area contributed by atoms with Gasteiger partial charge in [-0.15, -0.1) is 0 Å². The Kier molecular flexibility index (Phi) is 9.60. The molecular weight excluding hydrogens is 642 g/mol. The number of carbonyl (C=O) groups excluding carboxylic acids is 3. The lowest BCUT2D eigenvalue weighted by Crippen LogP contribution is -2.54. The molecule has 4 atom stereocenters. The Bertz CT molecular complexity index is 1710. The molecule has 3 aliphatic rings. The highest BCUT2D eigenvalue weighted by molar-refractivity contribution is 6.05. The number of hydrogen-bond acceptors (Lipinski definition) is 6. The highest BCUT2D eigenvalue weighted by Crippen LogP contribution is 2.41. The molecule has 262 valence electrons. The first kappa shape index (κ1) is 34.6. The van der Waals surface area contributed by atoms with E-state index in [-0.39, 0.29) is 42.4 Å². The number of furan rings is 1. The molecule has 0 bridgehead atoms. The minimum atomic E-state index is -1.02. The zero-order valence-electron chi connectivity index (χ0n) is 28.0. The Hall–Kier alpha value is -4.23. The number of anilines is 1. The molecule has 0 radical (unpaired) electrons. The maximum atomic E-state index is 15.4. The van der Waals surface area contributed by atoms with Crippen LogP contribution in [-0.2, 0) is 9.59 Å². The summed E-state index contributed by atoms with van der Waals surface area (Å²) in [6.07, 6.45) is 1.28. The van der Waals surface area contributed by atoms with Crippen molar-refractivity contribution in [3.8, 4) is 0 Å². The van der Waals surface area contributed by atoms with Gasteiger partial charge in [-0.1, -0.05) is 6.07 Å². The van der Waals surface area contributed by atoms with E-state index < -0.39 is 64.5 Å². The van der Waals surface area contributed by atoms with E-state index in [4.69, 9.17) is 4.42 Å². The third-order valence-electron chi connectivity index (χ3n) is 10.1. The zero-order chi connectivity index (χ0) is 35.2. The predicted octanol–water partition coefficient (Wildman–Crippen LogP) is 4.74. The second-order valence-electron chi connectivity index (χ2n) is 14.2. The summed E-state index contributed by atoms with van der Waals surface area (Å²) < 4.78 is 64.1. The number of likely N-dealkylation sites (N-methyl/N-ethyl adjacent to an activating group) is 1. The molecule has 3 fully saturated rings. The first-order valence-electron chi connectivity index (χ1n) is 16.5. The Morgan fingerprint density at radius 2 is 1.51 bits per heavy atom. The van der Waals surface area contributed by atoms with Crippen LogP contribution >= 0.6 is 0 Å². The van der Waals surface area contributed by atoms with Crippen LogP contribution in [0, 0.1) is 29.2 Å². The molecule has 4 heterocycles. The van der Waals surface area contributed by atoms with Gasteiger partial charge in [0.15, 0.2) is 5.76 Å². The molecule has 3 amide bonds. The molecule has 1 aromatic heterocycles. The van der Waals surface area contributed by atoms with E-state index in [1.165, 1.54) is 35.4 Å². The molecule has 3 aromatic rings. The maximum Gasteiger partial charge on any atom is 0.294 e. The quantitative estimate of drug-likeness (QED) is 0.350. The van der Waals surface area contributed by atoms with Gasteiger partial charge in [0, 0.05) is 69.4 Å². The van der Waals surface area contributed by atoms with Crippen molar-refractivity contribution < 1.29 is 36.4 Å². The minimum Gasteiger partial charge on any atom is -0.459 e. The van der Waals surface area contributed by atoms with Crippen LogP contribution in [0.5, 0.6) is 0 Å². The van der Waals surface area contributed by atoms with Crippen LogP contribution in [0.2, 0.25) is 0 Å². The fourth-order valence-corrected chi connectivity index (χ4v) is 7.32. The molecule has 0 saturated carbocycles. The van der Waals surface area contributed by atoms with Gasteiger partial charge in [-0.05, 0) is 70.1 Å². The average Bonchev–Trinajstić information content (AvgIpc) is 3.82. The van der Waals surface area contributed by atoms with Gasteiger partial charge in [0.25, 0.3) is 5.91 Å². The summed E-state index contributed by atoms with van der Waals surface area (Å²) in [5, 5.41) is 0. The molecule has 13 heteroatoms. The van der Waals surface area contributed by atoms with Gasteiger partial charge in [-0.3, -0.25) is 24.2 Å². The van der Waals surface area contributed by atoms with E-state index in [2.05, 4.69) is 9.80 Å². The van der Waals surface area contributed by atoms with Crippen molar-refractivity contribution in [3.05, 3.63) is 89.4 Å². The van der Waals surface area contributed by atoms with E-state index >= 15 is 8.78 Å². The summed E-state index contributed by atoms with van der Waals surface area (Å²) in [6, 6.07) is 7.20. The number of benzene rings is 2. The van der Waals surface area contributed by atoms with Crippen LogP contribution in [0.3, 0.4) is 0 Å². The van der Waals surface area contributed by atoms with E-state index in [1.54, 1.807) is 4.90 Å². The number of likely N-dealkylation sites (tertiary alicyclic amines) is 2. The van der Waals surface area contributed by atoms with Gasteiger partial charge in [0.05, 0.1) is 23.9 Å². The molecule has 9 nitrogen and oxygen atoms in total. The van der Waals surface area contributed by atoms with Crippen LogP contribution in [0.15, 0.2) is 59.2 Å². The van der Waals surface area contributed by atoms with Crippen molar-refractivity contribution in [2.45, 2.75) is 50.7 Å². The number of amides is 3. The monoisotopic (exact) mass is 683 g/mol. The molecule has 0 N–H and O–H groups in total. The second-order valence-corrected chi connectivity index (χ2v) is 14.2. The van der Waals surface area contributed by atoms with Crippen LogP contribution in [0.1, 0.15) is 49.2 Å². The summed E-state index contributed by atoms with van der Waals surface area (Å²) in [5.41, 5.74) is -0.412. The normalized spacial score (nSPS) is 23.7. The Balaban J connectivity index is 1.40. The summed E-state index contributed by atoms with van der Waals surface area (Å²) in [7, 11) is 1.95. The molecule has 0 aliphatic carbocycles. The SMILES string of the molecule is CN1CCN(C(=O)[C@@H]2C[C@H](N(C(=O)c3ccco3)c3ccc(F)cc3F)CN2C(=O)[C@@H]2CN(C(C)(C)C)C[C@H]2c2ccc(F)cc2F)CC1. The van der Waals surface area contributed by atoms with Gasteiger partial charge >= 0.3 is 0 Å². The largest absolute Gasteiger partial charge is 0.459 e. The molecule has 2 aromatic carbocycles. The molecule has 49 heavy (non-hydrogen) atoms. The fourth-order valence-electron chi connectivity index (χ4n) is 7.32. The van der Waals surface area contributed by atoms with Gasteiger partial charge in [-0.2, -0.15) is 0 Å². The average molecular weight is 684 g/mol. The first-order valence-corrected chi connectivity index (χ1v) is 16.5. The van der Waals surface area contributed by atoms with Crippen LogP contribution in [0.4, 0.5) is 23.2 Å². The van der Waals surface area contributed by atoms with Crippen LogP contribution in [-0.4, -0.2) is 108 Å². The second kappa shape index (κ2) is 13.6. The maximum absolute atomic E-state index is 15.4. The number of carbonyl (C=O) groups is 3. The third-order valence-corrected chi connectivity index (χ3v) is 10.1. The van der Waals surface area contributed by atoms with Crippen molar-refractivity contribution >= 4 is 23.4 Å². The third kappa shape index (κ3) is 6.96. The van der Waals surface area contributed by atoms with Crippen molar-refractivity contribution in [1.29, 1.82) is 0 Å². The lowest BCUT2D eigenvalue weighted by atomic mass is 9.87. The number of piperazine rings is 1. The van der Waals surface area contributed by atoms with Crippen LogP contribution < -0.4 is 4.90 Å². The first-order chi connectivity index (χ1) is 23.2. The van der Waals surface area contributed by atoms with Crippen molar-refractivity contribution in [1.82, 2.24) is 19.6 Å². The highest BCUT2D eigenvalue weighted by atomic mass is 19.1. The van der Waals surface area contributed by atoms with Crippen molar-refractivity contribution in [2.24, 2.45) is 5.92 Å². The predicted molar refractivity (Wildman–Crippen MR) is 174 cm³/mol. The lowest BCUT2D eigenvalue weighted by Gasteiger charge is -2.36. The smallest absolute Gasteiger partial charge is 0.294 e. The Morgan fingerprint density at radius 1 is 0.837 bits per heavy atom. The summed E-state index contributed by atoms with van der Waals surface area (Å²) in [6.45, 7) is 8.52. The zero-order valence-corrected chi connectivity index (χ0v) is 28.0. The van der Waals surface area contributed by atoms with Crippen molar-refractivity contribution in [2.75, 3.05) is 57.8 Å². The number of hydrogen-bond donors (Lipinski definition) is 0. The molecule has 3 aliphatic heterocycles. The van der Waals surface area contributed by atoms with E-state index in [9.17, 15) is 23.2 Å². The minimum absolute atomic E-state index is 0.0224. The van der Waals surface area contributed by atoms with E-state index in [0.717, 1.165) is 23.1 Å². The lowest BCUT2D eigenvalue weighted by molar-refractivity contribution is -0.147. The Labute approximate surface area is 283 Å². The van der Waals surface area contributed by atoms with Crippen LogP contribution in [0.25, 0.3) is 0 Å². The molecule has 0 spiro atoms. The Morgan fingerprint density at radius 3 is 2.12 bits per heavy atom. The van der Waals surface area contributed by atoms with Gasteiger partial charge < -0.3 is 19.1 Å². The highest BCUT2D eigenvalue weighted by Gasteiger charge is 2.51. The standard InChI is InChI=1S/C36H41F4N5O4/c1-36(2,3)43-20-26(25-9-7-22(37)16-28(25)39)27(21-43)33(46)44-19-24(18-31(44)34(47)42-13-11-41(4)12-14-42)45(35(48)32-6-5-15-49-32)30-10-8-23(38)17-29(30)40/h5-10,15-17,24,26-27,31H,11-14,18-21H2,1-4H3/t24-,26-,27+,31-/m0/s1. The number of rotatable bonds is 6. The summed E-state index contributed by atoms with van der Waals surface area (Å²) >= 11 is 0. The van der Waals surface area contributed by atoms with Gasteiger partial charge in [0.1, 0.15) is 29.3 Å². The van der Waals surface area contributed by atoms with E-state index in [1.807, 2.05) is 27.8 Å². The topological polar surface area (TPSA) is 80.5 Å². The summed E-state index contributed by atoms with van der Waals surface area (Å²) in [4.78, 5) is 51.4. The van der Waals surface area contributed by atoms with E-state index in [0.29, 0.717) is 38.8 Å².